The topological polar surface area (TPSA) is 99.2 Å². The zero-order valence-corrected chi connectivity index (χ0v) is 14.3. The molecule has 0 atom stereocenters. The number of nitrogens with one attached hydrogen (secondary N) is 1. The molecule has 138 valence electrons. The first-order chi connectivity index (χ1) is 13.1. The lowest BCUT2D eigenvalue weighted by Gasteiger charge is -2.09. The molecule has 0 saturated carbocycles. The van der Waals surface area contributed by atoms with Crippen LogP contribution in [-0.2, 0) is 6.54 Å². The molecule has 8 heteroatoms. The summed E-state index contributed by atoms with van der Waals surface area (Å²) in [5, 5.41) is 2.42. The third-order valence-corrected chi connectivity index (χ3v) is 3.77. The second-order valence-corrected chi connectivity index (χ2v) is 5.59. The molecule has 0 unspecified atom stereocenters. The molecule has 3 rings (SSSR count). The quantitative estimate of drug-likeness (QED) is 0.669. The summed E-state index contributed by atoms with van der Waals surface area (Å²) in [4.78, 5) is 28.1. The number of carbonyl (C=O) groups excluding carboxylic acids is 2. The summed E-state index contributed by atoms with van der Waals surface area (Å²) in [6, 6.07) is 14.7. The van der Waals surface area contributed by atoms with Crippen LogP contribution in [-0.4, -0.2) is 28.0 Å². The van der Waals surface area contributed by atoms with Crippen molar-refractivity contribution in [1.82, 2.24) is 9.55 Å². The van der Waals surface area contributed by atoms with E-state index in [1.165, 1.54) is 35.2 Å². The number of benzene rings is 2. The fraction of sp³-hybridized carbons (Fsp3) is 0.105. The van der Waals surface area contributed by atoms with Crippen molar-refractivity contribution in [2.24, 2.45) is 5.73 Å². The summed E-state index contributed by atoms with van der Waals surface area (Å²) >= 11 is 0. The number of para-hydroxylation sites is 1. The Labute approximate surface area is 154 Å². The van der Waals surface area contributed by atoms with Crippen molar-refractivity contribution in [3.8, 4) is 5.75 Å². The molecule has 1 heterocycles. The lowest BCUT2D eigenvalue weighted by Crippen LogP contribution is -2.22. The zero-order valence-electron chi connectivity index (χ0n) is 14.3. The van der Waals surface area contributed by atoms with Crippen LogP contribution < -0.4 is 15.8 Å². The van der Waals surface area contributed by atoms with Crippen LogP contribution in [0.1, 0.15) is 20.8 Å². The first kappa shape index (κ1) is 18.1. The van der Waals surface area contributed by atoms with Crippen molar-refractivity contribution >= 4 is 17.6 Å². The zero-order chi connectivity index (χ0) is 19.2. The van der Waals surface area contributed by atoms with Crippen LogP contribution in [0.3, 0.4) is 0 Å². The van der Waals surface area contributed by atoms with Crippen LogP contribution in [0.4, 0.5) is 10.2 Å². The smallest absolute Gasteiger partial charge is 0.269 e. The minimum absolute atomic E-state index is 0.0105. The molecule has 2 aromatic carbocycles. The number of aromatic nitrogens is 2. The van der Waals surface area contributed by atoms with Crippen molar-refractivity contribution in [3.05, 3.63) is 78.0 Å². The number of hydrogen-bond donors (Lipinski definition) is 2. The van der Waals surface area contributed by atoms with Gasteiger partial charge in [0.1, 0.15) is 18.2 Å². The summed E-state index contributed by atoms with van der Waals surface area (Å²) in [7, 11) is 0. The number of hydrogen-bond acceptors (Lipinski definition) is 4. The van der Waals surface area contributed by atoms with Gasteiger partial charge in [-0.15, -0.1) is 0 Å². The van der Waals surface area contributed by atoms with E-state index in [0.29, 0.717) is 5.75 Å². The second-order valence-electron chi connectivity index (χ2n) is 5.59. The van der Waals surface area contributed by atoms with Crippen molar-refractivity contribution in [1.29, 1.82) is 0 Å². The van der Waals surface area contributed by atoms with E-state index < -0.39 is 17.6 Å². The van der Waals surface area contributed by atoms with Gasteiger partial charge in [-0.3, -0.25) is 9.59 Å². The van der Waals surface area contributed by atoms with Gasteiger partial charge in [-0.05, 0) is 24.3 Å². The number of primary amides is 1. The maximum Gasteiger partial charge on any atom is 0.269 e. The first-order valence-electron chi connectivity index (χ1n) is 8.15. The Morgan fingerprint density at radius 2 is 1.81 bits per heavy atom. The number of halogens is 1. The van der Waals surface area contributed by atoms with Gasteiger partial charge >= 0.3 is 0 Å². The lowest BCUT2D eigenvalue weighted by molar-refractivity contribution is 0.0991. The standard InChI is InChI=1S/C19H17FN4O3/c20-15-9-5-4-8-14(15)19(26)23-18-16(17(21)25)24(12-22-18)10-11-27-13-6-2-1-3-7-13/h1-9,12H,10-11H2,(H2,21,25)(H,23,26). The molecule has 2 amide bonds. The molecule has 0 aliphatic rings. The monoisotopic (exact) mass is 368 g/mol. The highest BCUT2D eigenvalue weighted by atomic mass is 19.1. The maximum absolute atomic E-state index is 13.7. The first-order valence-corrected chi connectivity index (χ1v) is 8.15. The third kappa shape index (κ3) is 4.30. The lowest BCUT2D eigenvalue weighted by atomic mass is 10.2. The summed E-state index contributed by atoms with van der Waals surface area (Å²) in [6.45, 7) is 0.553. The number of nitrogens with zero attached hydrogens (tertiary/aromatic N) is 2. The molecular formula is C19H17FN4O3. The minimum atomic E-state index is -0.768. The van der Waals surface area contributed by atoms with E-state index in [0.717, 1.165) is 0 Å². The van der Waals surface area contributed by atoms with E-state index in [9.17, 15) is 14.0 Å². The Bertz CT molecular complexity index is 957. The number of imidazole rings is 1. The Morgan fingerprint density at radius 3 is 2.52 bits per heavy atom. The molecular weight excluding hydrogens is 351 g/mol. The van der Waals surface area contributed by atoms with Crippen molar-refractivity contribution < 1.29 is 18.7 Å². The molecule has 7 nitrogen and oxygen atoms in total. The highest BCUT2D eigenvalue weighted by Gasteiger charge is 2.20. The van der Waals surface area contributed by atoms with E-state index >= 15 is 0 Å². The number of amides is 2. The highest BCUT2D eigenvalue weighted by molar-refractivity contribution is 6.07. The Kier molecular flexibility index (Phi) is 5.46. The van der Waals surface area contributed by atoms with Crippen LogP contribution in [0.2, 0.25) is 0 Å². The number of anilines is 1. The van der Waals surface area contributed by atoms with E-state index in [2.05, 4.69) is 10.3 Å². The number of rotatable bonds is 7. The maximum atomic E-state index is 13.7. The predicted molar refractivity (Wildman–Crippen MR) is 97.0 cm³/mol. The summed E-state index contributed by atoms with van der Waals surface area (Å²) in [5.74, 6) is -1.51. The molecule has 27 heavy (non-hydrogen) atoms. The molecule has 0 spiro atoms. The average Bonchev–Trinajstić information content (AvgIpc) is 3.05. The van der Waals surface area contributed by atoms with Crippen LogP contribution in [0.15, 0.2) is 60.9 Å². The highest BCUT2D eigenvalue weighted by Crippen LogP contribution is 2.16. The van der Waals surface area contributed by atoms with E-state index in [-0.39, 0.29) is 30.2 Å². The fourth-order valence-electron chi connectivity index (χ4n) is 2.50. The summed E-state index contributed by atoms with van der Waals surface area (Å²) in [5.41, 5.74) is 5.27. The van der Waals surface area contributed by atoms with Gasteiger partial charge in [0.05, 0.1) is 18.4 Å². The molecule has 0 bridgehead atoms. The van der Waals surface area contributed by atoms with Crippen molar-refractivity contribution in [3.63, 3.8) is 0 Å². The molecule has 1 aromatic heterocycles. The Morgan fingerprint density at radius 1 is 1.11 bits per heavy atom. The van der Waals surface area contributed by atoms with Gasteiger partial charge in [0, 0.05) is 0 Å². The Hall–Kier alpha value is -3.68. The average molecular weight is 368 g/mol. The molecule has 0 fully saturated rings. The largest absolute Gasteiger partial charge is 0.492 e. The van der Waals surface area contributed by atoms with Crippen molar-refractivity contribution in [2.75, 3.05) is 11.9 Å². The van der Waals surface area contributed by atoms with Gasteiger partial charge in [0.25, 0.3) is 11.8 Å². The SMILES string of the molecule is NC(=O)c1c(NC(=O)c2ccccc2F)ncn1CCOc1ccccc1. The van der Waals surface area contributed by atoms with Crippen molar-refractivity contribution in [2.45, 2.75) is 6.54 Å². The number of carbonyl (C=O) groups is 2. The summed E-state index contributed by atoms with van der Waals surface area (Å²) < 4.78 is 20.8. The third-order valence-electron chi connectivity index (χ3n) is 3.77. The molecule has 0 saturated heterocycles. The van der Waals surface area contributed by atoms with Gasteiger partial charge in [-0.25, -0.2) is 9.37 Å². The molecule has 3 N–H and O–H groups in total. The normalized spacial score (nSPS) is 10.4. The molecule has 0 aliphatic heterocycles. The van der Waals surface area contributed by atoms with Gasteiger partial charge in [0.15, 0.2) is 11.5 Å². The second kappa shape index (κ2) is 8.13. The van der Waals surface area contributed by atoms with Gasteiger partial charge in [0.2, 0.25) is 0 Å². The predicted octanol–water partition coefficient (Wildman–Crippen LogP) is 2.45. The van der Waals surface area contributed by atoms with Crippen LogP contribution in [0.25, 0.3) is 0 Å². The van der Waals surface area contributed by atoms with Gasteiger partial charge in [-0.1, -0.05) is 30.3 Å². The van der Waals surface area contributed by atoms with Crippen LogP contribution >= 0.6 is 0 Å². The molecule has 3 aromatic rings. The molecule has 0 aliphatic carbocycles. The number of ether oxygens (including phenoxy) is 1. The fourth-order valence-corrected chi connectivity index (χ4v) is 2.50. The van der Waals surface area contributed by atoms with Gasteiger partial charge < -0.3 is 20.4 Å². The van der Waals surface area contributed by atoms with E-state index in [1.54, 1.807) is 0 Å². The van der Waals surface area contributed by atoms with E-state index in [1.807, 2.05) is 30.3 Å². The van der Waals surface area contributed by atoms with Crippen LogP contribution in [0, 0.1) is 5.82 Å². The van der Waals surface area contributed by atoms with Gasteiger partial charge in [-0.2, -0.15) is 0 Å². The van der Waals surface area contributed by atoms with E-state index in [4.69, 9.17) is 10.5 Å². The summed E-state index contributed by atoms with van der Waals surface area (Å²) in [6.07, 6.45) is 1.37. The van der Waals surface area contributed by atoms with Crippen LogP contribution in [0.5, 0.6) is 5.75 Å². The molecule has 0 radical (unpaired) electrons. The minimum Gasteiger partial charge on any atom is -0.492 e. The Balaban J connectivity index is 1.72. The number of nitrogens with two attached hydrogens (primary N) is 1.